The Morgan fingerprint density at radius 2 is 0.940 bits per heavy atom. The van der Waals surface area contributed by atoms with Crippen LogP contribution in [0.3, 0.4) is 0 Å². The minimum absolute atomic E-state index is 0.143. The minimum Gasteiger partial charge on any atom is -0.494 e. The van der Waals surface area contributed by atoms with E-state index in [0.29, 0.717) is 47.0 Å². The van der Waals surface area contributed by atoms with Crippen molar-refractivity contribution in [3.05, 3.63) is 114 Å². The number of hydrogen-bond donors (Lipinski definition) is 0. The summed E-state index contributed by atoms with van der Waals surface area (Å²) in [7, 11) is 0. The van der Waals surface area contributed by atoms with E-state index in [1.807, 2.05) is 13.8 Å². The molecule has 0 atom stereocenters. The van der Waals surface area contributed by atoms with Gasteiger partial charge in [-0.05, 0) is 123 Å². The van der Waals surface area contributed by atoms with Gasteiger partial charge in [-0.2, -0.15) is 0 Å². The summed E-state index contributed by atoms with van der Waals surface area (Å²) in [4.78, 5) is 49.6. The van der Waals surface area contributed by atoms with E-state index in [-0.39, 0.29) is 33.8 Å². The Morgan fingerprint density at radius 1 is 0.600 bits per heavy atom. The third-order valence-electron chi connectivity index (χ3n) is 8.14. The van der Waals surface area contributed by atoms with E-state index in [9.17, 15) is 29.8 Å². The van der Waals surface area contributed by atoms with Crippen LogP contribution in [0.25, 0.3) is 11.1 Å². The first kappa shape index (κ1) is 37.0. The minimum atomic E-state index is -0.799. The van der Waals surface area contributed by atoms with Crippen molar-refractivity contribution in [3.8, 4) is 34.1 Å². The maximum Gasteiger partial charge on any atom is 0.343 e. The van der Waals surface area contributed by atoms with Gasteiger partial charge in [0, 0.05) is 11.1 Å². The molecule has 4 aromatic carbocycles. The molecule has 12 nitrogen and oxygen atoms in total. The molecular weight excluding hydrogens is 644 g/mol. The number of nitro groups is 2. The number of ether oxygens (including phenoxy) is 4. The van der Waals surface area contributed by atoms with Crippen LogP contribution in [0, 0.1) is 47.9 Å². The molecule has 0 N–H and O–H groups in total. The maximum absolute atomic E-state index is 13.1. The van der Waals surface area contributed by atoms with Gasteiger partial charge in [0.2, 0.25) is 11.5 Å². The molecule has 0 fully saturated rings. The Kier molecular flexibility index (Phi) is 12.3. The number of benzene rings is 4. The van der Waals surface area contributed by atoms with Crippen molar-refractivity contribution in [1.29, 1.82) is 0 Å². The average molecular weight is 685 g/mol. The fourth-order valence-electron chi connectivity index (χ4n) is 5.61. The van der Waals surface area contributed by atoms with Gasteiger partial charge in [0.05, 0.1) is 34.2 Å². The molecule has 0 spiro atoms. The van der Waals surface area contributed by atoms with Crippen LogP contribution in [0.4, 0.5) is 11.4 Å². The second-order valence-corrected chi connectivity index (χ2v) is 11.8. The van der Waals surface area contributed by atoms with Crippen molar-refractivity contribution < 1.29 is 38.4 Å². The number of nitrogens with zero attached hydrogens (tertiary/aromatic N) is 2. The number of carbonyl (C=O) groups excluding carboxylic acids is 2. The summed E-state index contributed by atoms with van der Waals surface area (Å²) in [5.41, 5.74) is 1.38. The van der Waals surface area contributed by atoms with Crippen molar-refractivity contribution in [2.45, 2.75) is 67.2 Å². The van der Waals surface area contributed by atoms with Gasteiger partial charge in [0.25, 0.3) is 0 Å². The first-order chi connectivity index (χ1) is 23.9. The summed E-state index contributed by atoms with van der Waals surface area (Å²) < 4.78 is 22.4. The largest absolute Gasteiger partial charge is 0.494 e. The number of hydrogen-bond acceptors (Lipinski definition) is 10. The predicted octanol–water partition coefficient (Wildman–Crippen LogP) is 9.20. The second kappa shape index (κ2) is 16.6. The highest BCUT2D eigenvalue weighted by Gasteiger charge is 2.32. The first-order valence-electron chi connectivity index (χ1n) is 16.3. The molecule has 0 saturated carbocycles. The first-order valence-corrected chi connectivity index (χ1v) is 16.3. The van der Waals surface area contributed by atoms with E-state index in [4.69, 9.17) is 18.9 Å². The third-order valence-corrected chi connectivity index (χ3v) is 8.14. The highest BCUT2D eigenvalue weighted by atomic mass is 16.6. The fraction of sp³-hybridized carbons (Fsp3) is 0.316. The van der Waals surface area contributed by atoms with Crippen LogP contribution in [0.15, 0.2) is 60.7 Å². The van der Waals surface area contributed by atoms with Gasteiger partial charge in [-0.3, -0.25) is 20.2 Å². The average Bonchev–Trinajstić information content (AvgIpc) is 3.06. The van der Waals surface area contributed by atoms with Crippen molar-refractivity contribution in [2.24, 2.45) is 0 Å². The molecule has 0 heterocycles. The number of nitro benzene ring substituents is 2. The van der Waals surface area contributed by atoms with E-state index in [0.717, 1.165) is 25.7 Å². The summed E-state index contributed by atoms with van der Waals surface area (Å²) in [6, 6.07) is 15.3. The Balaban J connectivity index is 1.67. The monoisotopic (exact) mass is 684 g/mol. The van der Waals surface area contributed by atoms with Crippen LogP contribution in [0.1, 0.15) is 82.5 Å². The van der Waals surface area contributed by atoms with Gasteiger partial charge >= 0.3 is 23.3 Å². The number of esters is 2. The summed E-state index contributed by atoms with van der Waals surface area (Å²) in [5.74, 6) is -0.961. The Bertz CT molecular complexity index is 1760. The standard InChI is InChI=1S/C38H40N2O10/c1-7-9-19-47-29-15-11-27(12-16-29)37(41)49-31-21-23(3)33(25(5)35(31)39(43)44)34-24(4)22-32(36(26(34)6)40(45)46)50-38(42)28-13-17-30(18-14-28)48-20-10-8-2/h11-18,21-22H,7-10,19-20H2,1-6H3. The van der Waals surface area contributed by atoms with Gasteiger partial charge in [-0.15, -0.1) is 0 Å². The highest BCUT2D eigenvalue weighted by molar-refractivity contribution is 5.94. The lowest BCUT2D eigenvalue weighted by molar-refractivity contribution is -0.386. The van der Waals surface area contributed by atoms with Crippen LogP contribution >= 0.6 is 0 Å². The molecule has 0 aliphatic heterocycles. The lowest BCUT2D eigenvalue weighted by atomic mass is 9.87. The lowest BCUT2D eigenvalue weighted by Crippen LogP contribution is -2.12. The Labute approximate surface area is 290 Å². The topological polar surface area (TPSA) is 157 Å². The summed E-state index contributed by atoms with van der Waals surface area (Å²) in [5, 5.41) is 24.8. The van der Waals surface area contributed by atoms with Crippen LogP contribution < -0.4 is 18.9 Å². The third kappa shape index (κ3) is 8.43. The van der Waals surface area contributed by atoms with E-state index in [1.54, 1.807) is 38.1 Å². The highest BCUT2D eigenvalue weighted by Crippen LogP contribution is 2.46. The van der Waals surface area contributed by atoms with E-state index in [1.165, 1.54) is 50.2 Å². The number of unbranched alkanes of at least 4 members (excludes halogenated alkanes) is 2. The molecule has 0 aliphatic rings. The number of rotatable bonds is 15. The lowest BCUT2D eigenvalue weighted by Gasteiger charge is -2.19. The molecular formula is C38H40N2O10. The molecule has 0 bridgehead atoms. The van der Waals surface area contributed by atoms with Gasteiger partial charge in [-0.1, -0.05) is 26.7 Å². The molecule has 4 aromatic rings. The van der Waals surface area contributed by atoms with Crippen LogP contribution in [-0.2, 0) is 0 Å². The molecule has 0 radical (unpaired) electrons. The van der Waals surface area contributed by atoms with Crippen molar-refractivity contribution in [3.63, 3.8) is 0 Å². The molecule has 0 saturated heterocycles. The van der Waals surface area contributed by atoms with E-state index >= 15 is 0 Å². The Morgan fingerprint density at radius 3 is 1.24 bits per heavy atom. The van der Waals surface area contributed by atoms with Crippen molar-refractivity contribution in [1.82, 2.24) is 0 Å². The zero-order valence-corrected chi connectivity index (χ0v) is 29.0. The molecule has 262 valence electrons. The summed E-state index contributed by atoms with van der Waals surface area (Å²) >= 11 is 0. The molecule has 12 heteroatoms. The molecule has 0 unspecified atom stereocenters. The van der Waals surface area contributed by atoms with Crippen LogP contribution in [0.5, 0.6) is 23.0 Å². The predicted molar refractivity (Wildman–Crippen MR) is 188 cm³/mol. The SMILES string of the molecule is CCCCOc1ccc(C(=O)Oc2cc(C)c(-c3c(C)cc(OC(=O)c4ccc(OCCCC)cc4)c([N+](=O)[O-])c3C)c(C)c2[N+](=O)[O-])cc1. The summed E-state index contributed by atoms with van der Waals surface area (Å²) in [6.07, 6.45) is 3.72. The zero-order chi connectivity index (χ0) is 36.5. The smallest absolute Gasteiger partial charge is 0.343 e. The van der Waals surface area contributed by atoms with Gasteiger partial charge in [0.1, 0.15) is 11.5 Å². The van der Waals surface area contributed by atoms with Gasteiger partial charge in [-0.25, -0.2) is 9.59 Å². The molecule has 0 amide bonds. The summed E-state index contributed by atoms with van der Waals surface area (Å²) in [6.45, 7) is 11.5. The molecule has 4 rings (SSSR count). The second-order valence-electron chi connectivity index (χ2n) is 11.8. The molecule has 50 heavy (non-hydrogen) atoms. The van der Waals surface area contributed by atoms with Crippen LogP contribution in [-0.4, -0.2) is 35.0 Å². The van der Waals surface area contributed by atoms with E-state index < -0.39 is 33.2 Å². The van der Waals surface area contributed by atoms with Crippen molar-refractivity contribution >= 4 is 23.3 Å². The van der Waals surface area contributed by atoms with Gasteiger partial charge < -0.3 is 18.9 Å². The number of carbonyl (C=O) groups is 2. The van der Waals surface area contributed by atoms with Gasteiger partial charge in [0.15, 0.2) is 0 Å². The normalized spacial score (nSPS) is 10.8. The molecule has 0 aliphatic carbocycles. The fourth-order valence-corrected chi connectivity index (χ4v) is 5.61. The van der Waals surface area contributed by atoms with Crippen molar-refractivity contribution in [2.75, 3.05) is 13.2 Å². The Hall–Kier alpha value is -5.78. The quantitative estimate of drug-likeness (QED) is 0.0388. The van der Waals surface area contributed by atoms with Crippen LogP contribution in [0.2, 0.25) is 0 Å². The zero-order valence-electron chi connectivity index (χ0n) is 29.0. The molecule has 0 aromatic heterocycles. The maximum atomic E-state index is 13.1. The van der Waals surface area contributed by atoms with E-state index in [2.05, 4.69) is 0 Å². The number of aryl methyl sites for hydroxylation is 2.